The van der Waals surface area contributed by atoms with E-state index >= 15 is 0 Å². The van der Waals surface area contributed by atoms with Crippen LogP contribution >= 0.6 is 0 Å². The number of anilines is 1. The fourth-order valence-electron chi connectivity index (χ4n) is 1.83. The molecule has 0 aliphatic carbocycles. The van der Waals surface area contributed by atoms with Crippen LogP contribution in [-0.2, 0) is 0 Å². The zero-order valence-corrected chi connectivity index (χ0v) is 9.69. The summed E-state index contributed by atoms with van der Waals surface area (Å²) < 4.78 is 26.4. The van der Waals surface area contributed by atoms with Gasteiger partial charge in [0, 0.05) is 23.4 Å². The van der Waals surface area contributed by atoms with Gasteiger partial charge in [-0.25, -0.2) is 13.8 Å². The van der Waals surface area contributed by atoms with Crippen LogP contribution < -0.4 is 5.73 Å². The summed E-state index contributed by atoms with van der Waals surface area (Å²) in [5, 5.41) is 10.1. The van der Waals surface area contributed by atoms with Crippen LogP contribution in [0.3, 0.4) is 0 Å². The minimum absolute atomic E-state index is 0.0285. The molecule has 0 fully saturated rings. The molecule has 1 unspecified atom stereocenters. The van der Waals surface area contributed by atoms with E-state index in [1.807, 2.05) is 0 Å². The van der Waals surface area contributed by atoms with Gasteiger partial charge in [-0.3, -0.25) is 0 Å². The fourth-order valence-corrected chi connectivity index (χ4v) is 1.83. The third-order valence-corrected chi connectivity index (χ3v) is 2.77. The van der Waals surface area contributed by atoms with Gasteiger partial charge in [0.25, 0.3) is 0 Å². The Balaban J connectivity index is 2.51. The highest BCUT2D eigenvalue weighted by molar-refractivity contribution is 5.48. The second-order valence-corrected chi connectivity index (χ2v) is 4.00. The number of pyridine rings is 1. The van der Waals surface area contributed by atoms with Crippen molar-refractivity contribution in [3.8, 4) is 0 Å². The second-order valence-electron chi connectivity index (χ2n) is 4.00. The lowest BCUT2D eigenvalue weighted by molar-refractivity contribution is 0.214. The van der Waals surface area contributed by atoms with Crippen LogP contribution in [0.5, 0.6) is 0 Å². The Bertz CT molecular complexity index is 567. The maximum atomic E-state index is 13.6. The summed E-state index contributed by atoms with van der Waals surface area (Å²) in [6.07, 6.45) is 0.237. The molecule has 0 radical (unpaired) electrons. The van der Waals surface area contributed by atoms with Gasteiger partial charge in [-0.05, 0) is 24.6 Å². The molecule has 0 amide bonds. The first-order valence-electron chi connectivity index (χ1n) is 5.34. The molecule has 0 aliphatic rings. The highest BCUT2D eigenvalue weighted by atomic mass is 19.1. The van der Waals surface area contributed by atoms with Gasteiger partial charge in [0.1, 0.15) is 23.6 Å². The molecule has 1 heterocycles. The van der Waals surface area contributed by atoms with Gasteiger partial charge in [0.15, 0.2) is 0 Å². The molecular weight excluding hydrogens is 238 g/mol. The van der Waals surface area contributed by atoms with Crippen molar-refractivity contribution in [2.24, 2.45) is 0 Å². The Kier molecular flexibility index (Phi) is 3.25. The highest BCUT2D eigenvalue weighted by Gasteiger charge is 2.20. The van der Waals surface area contributed by atoms with E-state index in [0.717, 1.165) is 12.1 Å². The lowest BCUT2D eigenvalue weighted by Crippen LogP contribution is -2.09. The number of halogens is 2. The maximum Gasteiger partial charge on any atom is 0.132 e. The average molecular weight is 250 g/mol. The molecule has 0 saturated heterocycles. The smallest absolute Gasteiger partial charge is 0.132 e. The SMILES string of the molecule is Cc1ccnc(N)c1C(O)c1ccc(F)cc1F. The molecule has 3 nitrogen and oxygen atoms in total. The van der Waals surface area contributed by atoms with Crippen molar-refractivity contribution in [1.29, 1.82) is 0 Å². The van der Waals surface area contributed by atoms with Crippen molar-refractivity contribution in [3.05, 3.63) is 58.8 Å². The molecule has 1 aromatic heterocycles. The second kappa shape index (κ2) is 4.70. The molecule has 0 saturated carbocycles. The predicted molar refractivity (Wildman–Crippen MR) is 63.8 cm³/mol. The Morgan fingerprint density at radius 2 is 2.00 bits per heavy atom. The molecule has 94 valence electrons. The number of rotatable bonds is 2. The van der Waals surface area contributed by atoms with E-state index in [1.165, 1.54) is 12.3 Å². The molecule has 2 aromatic rings. The first-order chi connectivity index (χ1) is 8.50. The molecule has 0 bridgehead atoms. The summed E-state index contributed by atoms with van der Waals surface area (Å²) in [6, 6.07) is 4.67. The Morgan fingerprint density at radius 1 is 1.28 bits per heavy atom. The number of nitrogen functional groups attached to an aromatic ring is 1. The topological polar surface area (TPSA) is 59.1 Å². The van der Waals surface area contributed by atoms with Crippen LogP contribution in [0.25, 0.3) is 0 Å². The number of hydrogen-bond acceptors (Lipinski definition) is 3. The normalized spacial score (nSPS) is 12.4. The number of aryl methyl sites for hydroxylation is 1. The molecule has 2 rings (SSSR count). The van der Waals surface area contributed by atoms with Crippen LogP contribution in [0.15, 0.2) is 30.5 Å². The van der Waals surface area contributed by atoms with E-state index < -0.39 is 17.7 Å². The van der Waals surface area contributed by atoms with Crippen molar-refractivity contribution in [2.45, 2.75) is 13.0 Å². The van der Waals surface area contributed by atoms with E-state index in [1.54, 1.807) is 13.0 Å². The van der Waals surface area contributed by atoms with E-state index in [4.69, 9.17) is 5.73 Å². The molecule has 1 aromatic carbocycles. The first-order valence-corrected chi connectivity index (χ1v) is 5.34. The van der Waals surface area contributed by atoms with Crippen molar-refractivity contribution >= 4 is 5.82 Å². The lowest BCUT2D eigenvalue weighted by atomic mass is 9.98. The molecule has 1 atom stereocenters. The Morgan fingerprint density at radius 3 is 2.61 bits per heavy atom. The fraction of sp³-hybridized carbons (Fsp3) is 0.154. The number of nitrogens with zero attached hydrogens (tertiary/aromatic N) is 1. The van der Waals surface area contributed by atoms with Crippen molar-refractivity contribution < 1.29 is 13.9 Å². The Labute approximate surface area is 103 Å². The number of nitrogens with two attached hydrogens (primary N) is 1. The highest BCUT2D eigenvalue weighted by Crippen LogP contribution is 2.29. The van der Waals surface area contributed by atoms with Gasteiger partial charge in [0.05, 0.1) is 0 Å². The van der Waals surface area contributed by atoms with Crippen LogP contribution in [0.1, 0.15) is 22.8 Å². The number of aliphatic hydroxyl groups excluding tert-OH is 1. The van der Waals surface area contributed by atoms with E-state index in [-0.39, 0.29) is 11.4 Å². The monoisotopic (exact) mass is 250 g/mol. The predicted octanol–water partition coefficient (Wildman–Crippen LogP) is 2.33. The summed E-state index contributed by atoms with van der Waals surface area (Å²) in [5.41, 5.74) is 6.67. The first kappa shape index (κ1) is 12.4. The summed E-state index contributed by atoms with van der Waals surface area (Å²) in [6.45, 7) is 1.73. The van der Waals surface area contributed by atoms with Crippen molar-refractivity contribution in [3.63, 3.8) is 0 Å². The molecule has 0 aliphatic heterocycles. The summed E-state index contributed by atoms with van der Waals surface area (Å²) >= 11 is 0. The number of aromatic nitrogens is 1. The maximum absolute atomic E-state index is 13.6. The lowest BCUT2D eigenvalue weighted by Gasteiger charge is -2.16. The molecule has 5 heteroatoms. The molecule has 0 spiro atoms. The summed E-state index contributed by atoms with van der Waals surface area (Å²) in [4.78, 5) is 3.86. The van der Waals surface area contributed by atoms with Gasteiger partial charge in [-0.15, -0.1) is 0 Å². The quantitative estimate of drug-likeness (QED) is 0.860. The van der Waals surface area contributed by atoms with Crippen molar-refractivity contribution in [2.75, 3.05) is 5.73 Å². The van der Waals surface area contributed by atoms with Gasteiger partial charge < -0.3 is 10.8 Å². The van der Waals surface area contributed by atoms with Crippen LogP contribution in [0.4, 0.5) is 14.6 Å². The summed E-state index contributed by atoms with van der Waals surface area (Å²) in [7, 11) is 0. The van der Waals surface area contributed by atoms with Crippen LogP contribution in [-0.4, -0.2) is 10.1 Å². The number of hydrogen-bond donors (Lipinski definition) is 2. The standard InChI is InChI=1S/C13H12F2N2O/c1-7-4-5-17-13(16)11(7)12(18)9-3-2-8(14)6-10(9)15/h2-6,12,18H,1H3,(H2,16,17). The Hall–Kier alpha value is -2.01. The summed E-state index contributed by atoms with van der Waals surface area (Å²) in [5.74, 6) is -1.38. The zero-order chi connectivity index (χ0) is 13.3. The largest absolute Gasteiger partial charge is 0.383 e. The molecule has 18 heavy (non-hydrogen) atoms. The van der Waals surface area contributed by atoms with Crippen molar-refractivity contribution in [1.82, 2.24) is 4.98 Å². The number of aliphatic hydroxyl groups is 1. The van der Waals surface area contributed by atoms with Gasteiger partial charge in [0.2, 0.25) is 0 Å². The molecular formula is C13H12F2N2O. The van der Waals surface area contributed by atoms with E-state index in [2.05, 4.69) is 4.98 Å². The number of benzene rings is 1. The minimum atomic E-state index is -1.26. The van der Waals surface area contributed by atoms with Gasteiger partial charge in [-0.1, -0.05) is 6.07 Å². The third-order valence-electron chi connectivity index (χ3n) is 2.77. The molecule has 3 N–H and O–H groups in total. The van der Waals surface area contributed by atoms with E-state index in [9.17, 15) is 13.9 Å². The third kappa shape index (κ3) is 2.17. The van der Waals surface area contributed by atoms with Crippen LogP contribution in [0, 0.1) is 18.6 Å². The van der Waals surface area contributed by atoms with Gasteiger partial charge >= 0.3 is 0 Å². The van der Waals surface area contributed by atoms with Gasteiger partial charge in [-0.2, -0.15) is 0 Å². The van der Waals surface area contributed by atoms with E-state index in [0.29, 0.717) is 11.1 Å². The zero-order valence-electron chi connectivity index (χ0n) is 9.69. The minimum Gasteiger partial charge on any atom is -0.383 e. The van der Waals surface area contributed by atoms with Crippen LogP contribution in [0.2, 0.25) is 0 Å². The average Bonchev–Trinajstić information content (AvgIpc) is 2.28.